The maximum Gasteiger partial charge on any atom is 0.259 e. The molecule has 156 valence electrons. The normalized spacial score (nSPS) is 18.0. The number of benzene rings is 1. The molecule has 1 amide bonds. The molecule has 2 aliphatic heterocycles. The van der Waals surface area contributed by atoms with Gasteiger partial charge in [0, 0.05) is 25.2 Å². The lowest BCUT2D eigenvalue weighted by molar-refractivity contribution is 0.0950. The Morgan fingerprint density at radius 2 is 1.79 bits per heavy atom. The molecule has 0 saturated carbocycles. The second-order valence-corrected chi connectivity index (χ2v) is 7.69. The van der Waals surface area contributed by atoms with Crippen molar-refractivity contribution in [1.82, 2.24) is 15.4 Å². The van der Waals surface area contributed by atoms with Gasteiger partial charge in [-0.25, -0.2) is 0 Å². The topological polar surface area (TPSA) is 70.8 Å². The van der Waals surface area contributed by atoms with Gasteiger partial charge in [0.15, 0.2) is 11.6 Å². The van der Waals surface area contributed by atoms with Gasteiger partial charge in [-0.1, -0.05) is 41.9 Å². The highest BCUT2D eigenvalue weighted by atomic mass is 16.5. The summed E-state index contributed by atoms with van der Waals surface area (Å²) < 4.78 is 11.1. The molecule has 2 aliphatic rings. The number of rotatable bonds is 7. The number of anilines is 1. The van der Waals surface area contributed by atoms with E-state index in [1.54, 1.807) is 0 Å². The van der Waals surface area contributed by atoms with Crippen molar-refractivity contribution in [1.29, 1.82) is 0 Å². The zero-order chi connectivity index (χ0) is 19.9. The molecule has 0 atom stereocenters. The fourth-order valence-corrected chi connectivity index (χ4v) is 4.04. The number of aromatic nitrogens is 1. The first-order valence-electron chi connectivity index (χ1n) is 10.7. The van der Waals surface area contributed by atoms with Crippen LogP contribution in [-0.2, 0) is 4.74 Å². The van der Waals surface area contributed by atoms with Crippen LogP contribution in [0.3, 0.4) is 0 Å². The van der Waals surface area contributed by atoms with Gasteiger partial charge in [0.1, 0.15) is 5.56 Å². The van der Waals surface area contributed by atoms with E-state index in [1.807, 2.05) is 30.3 Å². The van der Waals surface area contributed by atoms with Gasteiger partial charge in [-0.3, -0.25) is 4.79 Å². The molecule has 7 heteroatoms. The van der Waals surface area contributed by atoms with Gasteiger partial charge >= 0.3 is 0 Å². The largest absolute Gasteiger partial charge is 0.378 e. The number of morpholine rings is 1. The zero-order valence-corrected chi connectivity index (χ0v) is 16.9. The number of nitrogens with zero attached hydrogens (tertiary/aromatic N) is 3. The van der Waals surface area contributed by atoms with Crippen molar-refractivity contribution in [2.45, 2.75) is 25.7 Å². The second kappa shape index (κ2) is 9.89. The monoisotopic (exact) mass is 398 g/mol. The van der Waals surface area contributed by atoms with E-state index < -0.39 is 0 Å². The van der Waals surface area contributed by atoms with Crippen LogP contribution in [0, 0.1) is 0 Å². The number of hydrogen-bond donors (Lipinski definition) is 1. The van der Waals surface area contributed by atoms with Crippen molar-refractivity contribution in [2.75, 3.05) is 57.4 Å². The number of amides is 1. The van der Waals surface area contributed by atoms with Crippen molar-refractivity contribution in [2.24, 2.45) is 0 Å². The maximum absolute atomic E-state index is 13.1. The fourth-order valence-electron chi connectivity index (χ4n) is 4.04. The minimum atomic E-state index is -0.120. The van der Waals surface area contributed by atoms with Crippen molar-refractivity contribution < 1.29 is 14.1 Å². The smallest absolute Gasteiger partial charge is 0.259 e. The molecule has 2 fully saturated rings. The fraction of sp³-hybridized carbons (Fsp3) is 0.545. The number of hydrogen-bond acceptors (Lipinski definition) is 6. The summed E-state index contributed by atoms with van der Waals surface area (Å²) in [5.41, 5.74) is 1.38. The molecule has 0 radical (unpaired) electrons. The molecule has 1 N–H and O–H groups in total. The van der Waals surface area contributed by atoms with Crippen LogP contribution in [0.2, 0.25) is 0 Å². The van der Waals surface area contributed by atoms with Gasteiger partial charge in [-0.2, -0.15) is 0 Å². The Morgan fingerprint density at radius 3 is 2.55 bits per heavy atom. The minimum Gasteiger partial charge on any atom is -0.378 e. The van der Waals surface area contributed by atoms with Crippen LogP contribution in [-0.4, -0.2) is 68.4 Å². The molecule has 2 aromatic rings. The highest BCUT2D eigenvalue weighted by Gasteiger charge is 2.28. The summed E-state index contributed by atoms with van der Waals surface area (Å²) >= 11 is 0. The lowest BCUT2D eigenvalue weighted by Gasteiger charge is -2.27. The van der Waals surface area contributed by atoms with Gasteiger partial charge in [0.25, 0.3) is 5.91 Å². The van der Waals surface area contributed by atoms with Crippen molar-refractivity contribution >= 4 is 11.7 Å². The van der Waals surface area contributed by atoms with Crippen LogP contribution in [0.1, 0.15) is 36.0 Å². The Bertz CT molecular complexity index is 781. The van der Waals surface area contributed by atoms with Crippen LogP contribution in [0.25, 0.3) is 11.3 Å². The molecule has 0 unspecified atom stereocenters. The molecular weight excluding hydrogens is 368 g/mol. The van der Waals surface area contributed by atoms with Crippen LogP contribution in [0.4, 0.5) is 5.82 Å². The third-order valence-electron chi connectivity index (χ3n) is 5.63. The SMILES string of the molecule is O=C(NCCCN1CCCCC1)c1c(N2CCOCC2)noc1-c1ccccc1. The van der Waals surface area contributed by atoms with E-state index in [0.29, 0.717) is 50.0 Å². The summed E-state index contributed by atoms with van der Waals surface area (Å²) in [5.74, 6) is 1.02. The summed E-state index contributed by atoms with van der Waals surface area (Å²) in [6, 6.07) is 9.70. The quantitative estimate of drug-likeness (QED) is 0.723. The molecule has 0 spiro atoms. The van der Waals surface area contributed by atoms with Gasteiger partial charge in [-0.15, -0.1) is 0 Å². The summed E-state index contributed by atoms with van der Waals surface area (Å²) in [6.07, 6.45) is 4.87. The van der Waals surface area contributed by atoms with Gasteiger partial charge < -0.3 is 24.4 Å². The first-order chi connectivity index (χ1) is 14.3. The van der Waals surface area contributed by atoms with Crippen LogP contribution < -0.4 is 10.2 Å². The Labute approximate surface area is 172 Å². The summed E-state index contributed by atoms with van der Waals surface area (Å²) in [6.45, 7) is 6.71. The average Bonchev–Trinajstić information content (AvgIpc) is 3.24. The molecule has 4 rings (SSSR count). The Hall–Kier alpha value is -2.38. The Morgan fingerprint density at radius 1 is 1.03 bits per heavy atom. The van der Waals surface area contributed by atoms with E-state index in [0.717, 1.165) is 18.5 Å². The second-order valence-electron chi connectivity index (χ2n) is 7.69. The van der Waals surface area contributed by atoms with Crippen LogP contribution in [0.15, 0.2) is 34.9 Å². The van der Waals surface area contributed by atoms with E-state index in [9.17, 15) is 4.79 Å². The number of likely N-dealkylation sites (tertiary alicyclic amines) is 1. The number of carbonyl (C=O) groups is 1. The molecule has 29 heavy (non-hydrogen) atoms. The van der Waals surface area contributed by atoms with Crippen LogP contribution in [0.5, 0.6) is 0 Å². The van der Waals surface area contributed by atoms with Crippen molar-refractivity contribution in [3.05, 3.63) is 35.9 Å². The standard InChI is InChI=1S/C22H30N4O3/c27-22(23-10-7-13-25-11-5-2-6-12-25)19-20(18-8-3-1-4-9-18)29-24-21(19)26-14-16-28-17-15-26/h1,3-4,8-9H,2,5-7,10-17H2,(H,23,27). The molecule has 7 nitrogen and oxygen atoms in total. The molecule has 3 heterocycles. The predicted molar refractivity (Wildman–Crippen MR) is 112 cm³/mol. The van der Waals surface area contributed by atoms with Gasteiger partial charge in [0.05, 0.1) is 13.2 Å². The lowest BCUT2D eigenvalue weighted by atomic mass is 10.1. The molecule has 0 bridgehead atoms. The van der Waals surface area contributed by atoms with Crippen molar-refractivity contribution in [3.8, 4) is 11.3 Å². The van der Waals surface area contributed by atoms with Gasteiger partial charge in [0.2, 0.25) is 0 Å². The first kappa shape index (κ1) is 19.9. The number of piperidine rings is 1. The number of carbonyl (C=O) groups excluding carboxylic acids is 1. The van der Waals surface area contributed by atoms with Gasteiger partial charge in [-0.05, 0) is 38.9 Å². The van der Waals surface area contributed by atoms with E-state index in [-0.39, 0.29) is 5.91 Å². The predicted octanol–water partition coefficient (Wildman–Crippen LogP) is 2.78. The summed E-state index contributed by atoms with van der Waals surface area (Å²) in [4.78, 5) is 17.7. The minimum absolute atomic E-state index is 0.120. The van der Waals surface area contributed by atoms with E-state index >= 15 is 0 Å². The third-order valence-corrected chi connectivity index (χ3v) is 5.63. The Balaban J connectivity index is 1.45. The van der Waals surface area contributed by atoms with Crippen molar-refractivity contribution in [3.63, 3.8) is 0 Å². The lowest BCUT2D eigenvalue weighted by Crippen LogP contribution is -2.38. The van der Waals surface area contributed by atoms with E-state index in [1.165, 1.54) is 32.4 Å². The zero-order valence-electron chi connectivity index (χ0n) is 16.9. The Kier molecular flexibility index (Phi) is 6.79. The summed E-state index contributed by atoms with van der Waals surface area (Å²) in [7, 11) is 0. The highest BCUT2D eigenvalue weighted by molar-refractivity contribution is 6.04. The first-order valence-corrected chi connectivity index (χ1v) is 10.7. The highest BCUT2D eigenvalue weighted by Crippen LogP contribution is 2.31. The number of nitrogens with one attached hydrogen (secondary N) is 1. The molecular formula is C22H30N4O3. The van der Waals surface area contributed by atoms with Crippen LogP contribution >= 0.6 is 0 Å². The van der Waals surface area contributed by atoms with E-state index in [2.05, 4.69) is 20.3 Å². The summed E-state index contributed by atoms with van der Waals surface area (Å²) in [5, 5.41) is 7.36. The van der Waals surface area contributed by atoms with E-state index in [4.69, 9.17) is 9.26 Å². The molecule has 0 aliphatic carbocycles. The molecule has 1 aromatic carbocycles. The molecule has 1 aromatic heterocycles. The maximum atomic E-state index is 13.1. The molecule has 2 saturated heterocycles. The third kappa shape index (κ3) is 4.97. The number of ether oxygens (including phenoxy) is 1. The average molecular weight is 399 g/mol.